The van der Waals surface area contributed by atoms with Crippen molar-refractivity contribution < 1.29 is 23.8 Å². The zero-order chi connectivity index (χ0) is 19.6. The van der Waals surface area contributed by atoms with Crippen LogP contribution < -0.4 is 14.8 Å². The van der Waals surface area contributed by atoms with Crippen LogP contribution in [-0.2, 0) is 20.9 Å². The van der Waals surface area contributed by atoms with E-state index in [4.69, 9.17) is 25.8 Å². The molecule has 0 radical (unpaired) electrons. The molecule has 0 aliphatic carbocycles. The van der Waals surface area contributed by atoms with E-state index in [1.165, 1.54) is 19.3 Å². The first kappa shape index (κ1) is 20.3. The lowest BCUT2D eigenvalue weighted by Gasteiger charge is -2.10. The largest absolute Gasteiger partial charge is 0.493 e. The second kappa shape index (κ2) is 10.2. The number of carbonyl (C=O) groups excluding carboxylic acids is 2. The SMILES string of the molecule is COc1ccc(CNC(=O)COC(=O)/C=C/c2ccccc2Cl)cc1OC. The van der Waals surface area contributed by atoms with Gasteiger partial charge in [-0.1, -0.05) is 35.9 Å². The smallest absolute Gasteiger partial charge is 0.331 e. The fraction of sp³-hybridized carbons (Fsp3) is 0.200. The molecule has 1 amide bonds. The summed E-state index contributed by atoms with van der Waals surface area (Å²) >= 11 is 5.99. The van der Waals surface area contributed by atoms with Gasteiger partial charge in [-0.3, -0.25) is 4.79 Å². The van der Waals surface area contributed by atoms with E-state index in [2.05, 4.69) is 5.32 Å². The molecule has 0 saturated heterocycles. The van der Waals surface area contributed by atoms with Crippen molar-refractivity contribution in [2.45, 2.75) is 6.54 Å². The van der Waals surface area contributed by atoms with Crippen molar-refractivity contribution in [2.75, 3.05) is 20.8 Å². The van der Waals surface area contributed by atoms with Gasteiger partial charge in [-0.25, -0.2) is 4.79 Å². The van der Waals surface area contributed by atoms with Crippen LogP contribution in [-0.4, -0.2) is 32.7 Å². The lowest BCUT2D eigenvalue weighted by atomic mass is 10.2. The maximum absolute atomic E-state index is 11.8. The number of methoxy groups -OCH3 is 2. The molecule has 2 aromatic rings. The minimum atomic E-state index is -0.629. The molecule has 0 aromatic heterocycles. The van der Waals surface area contributed by atoms with Crippen molar-refractivity contribution in [2.24, 2.45) is 0 Å². The highest BCUT2D eigenvalue weighted by atomic mass is 35.5. The summed E-state index contributed by atoms with van der Waals surface area (Å²) in [5, 5.41) is 3.19. The van der Waals surface area contributed by atoms with Crippen molar-refractivity contribution in [1.29, 1.82) is 0 Å². The first-order valence-electron chi connectivity index (χ1n) is 8.10. The quantitative estimate of drug-likeness (QED) is 0.554. The molecular formula is C20H20ClNO5. The number of carbonyl (C=O) groups is 2. The normalized spacial score (nSPS) is 10.5. The van der Waals surface area contributed by atoms with Gasteiger partial charge in [-0.15, -0.1) is 0 Å². The monoisotopic (exact) mass is 389 g/mol. The van der Waals surface area contributed by atoms with E-state index in [0.717, 1.165) is 5.56 Å². The molecule has 0 aliphatic rings. The molecule has 6 nitrogen and oxygen atoms in total. The summed E-state index contributed by atoms with van der Waals surface area (Å²) in [6.07, 6.45) is 2.76. The summed E-state index contributed by atoms with van der Waals surface area (Å²) in [5.74, 6) is 0.132. The van der Waals surface area contributed by atoms with Crippen molar-refractivity contribution in [3.8, 4) is 11.5 Å². The third kappa shape index (κ3) is 6.34. The Morgan fingerprint density at radius 2 is 1.81 bits per heavy atom. The van der Waals surface area contributed by atoms with Gasteiger partial charge in [0.2, 0.25) is 0 Å². The lowest BCUT2D eigenvalue weighted by molar-refractivity contribution is -0.143. The number of hydrogen-bond acceptors (Lipinski definition) is 5. The molecule has 27 heavy (non-hydrogen) atoms. The molecule has 2 rings (SSSR count). The molecular weight excluding hydrogens is 370 g/mol. The van der Waals surface area contributed by atoms with Gasteiger partial charge in [0, 0.05) is 17.6 Å². The van der Waals surface area contributed by atoms with E-state index < -0.39 is 11.9 Å². The number of nitrogens with one attached hydrogen (secondary N) is 1. The average molecular weight is 390 g/mol. The molecule has 0 fully saturated rings. The van der Waals surface area contributed by atoms with Crippen LogP contribution in [0.5, 0.6) is 11.5 Å². The van der Waals surface area contributed by atoms with Gasteiger partial charge in [0.05, 0.1) is 14.2 Å². The first-order chi connectivity index (χ1) is 13.0. The van der Waals surface area contributed by atoms with Crippen LogP contribution in [0.2, 0.25) is 5.02 Å². The van der Waals surface area contributed by atoms with Gasteiger partial charge in [0.1, 0.15) is 0 Å². The fourth-order valence-corrected chi connectivity index (χ4v) is 2.39. The summed E-state index contributed by atoms with van der Waals surface area (Å²) in [6.45, 7) is -0.106. The van der Waals surface area contributed by atoms with Gasteiger partial charge < -0.3 is 19.5 Å². The number of ether oxygens (including phenoxy) is 3. The minimum Gasteiger partial charge on any atom is -0.493 e. The molecule has 7 heteroatoms. The maximum Gasteiger partial charge on any atom is 0.331 e. The highest BCUT2D eigenvalue weighted by molar-refractivity contribution is 6.32. The van der Waals surface area contributed by atoms with Crippen LogP contribution in [0.1, 0.15) is 11.1 Å². The van der Waals surface area contributed by atoms with E-state index in [-0.39, 0.29) is 13.2 Å². The van der Waals surface area contributed by atoms with Crippen LogP contribution >= 0.6 is 11.6 Å². The molecule has 0 bridgehead atoms. The van der Waals surface area contributed by atoms with E-state index in [9.17, 15) is 9.59 Å². The number of esters is 1. The molecule has 2 aromatic carbocycles. The molecule has 0 heterocycles. The Balaban J connectivity index is 1.79. The molecule has 0 spiro atoms. The predicted molar refractivity (Wildman–Crippen MR) is 103 cm³/mol. The Bertz CT molecular complexity index is 835. The summed E-state index contributed by atoms with van der Waals surface area (Å²) in [5.41, 5.74) is 1.51. The Hall–Kier alpha value is -2.99. The number of rotatable bonds is 8. The van der Waals surface area contributed by atoms with E-state index in [0.29, 0.717) is 22.1 Å². The Morgan fingerprint density at radius 3 is 2.52 bits per heavy atom. The molecule has 1 N–H and O–H groups in total. The van der Waals surface area contributed by atoms with Crippen LogP contribution in [0.4, 0.5) is 0 Å². The fourth-order valence-electron chi connectivity index (χ4n) is 2.20. The standard InChI is InChI=1S/C20H20ClNO5/c1-25-17-9-7-14(11-18(17)26-2)12-22-19(23)13-27-20(24)10-8-15-5-3-4-6-16(15)21/h3-11H,12-13H2,1-2H3,(H,22,23)/b10-8+. The van der Waals surface area contributed by atoms with Gasteiger partial charge in [-0.2, -0.15) is 0 Å². The zero-order valence-electron chi connectivity index (χ0n) is 15.0. The van der Waals surface area contributed by atoms with E-state index >= 15 is 0 Å². The van der Waals surface area contributed by atoms with Crippen LogP contribution in [0.3, 0.4) is 0 Å². The topological polar surface area (TPSA) is 73.9 Å². The predicted octanol–water partition coefficient (Wildman–Crippen LogP) is 3.23. The third-order valence-electron chi connectivity index (χ3n) is 3.59. The summed E-state index contributed by atoms with van der Waals surface area (Å²) < 4.78 is 15.3. The Morgan fingerprint density at radius 1 is 1.07 bits per heavy atom. The van der Waals surface area contributed by atoms with Crippen molar-refractivity contribution in [3.63, 3.8) is 0 Å². The second-order valence-electron chi connectivity index (χ2n) is 5.43. The molecule has 0 atom stereocenters. The van der Waals surface area contributed by atoms with Gasteiger partial charge in [-0.05, 0) is 35.4 Å². The van der Waals surface area contributed by atoms with Crippen LogP contribution in [0, 0.1) is 0 Å². The molecule has 0 aliphatic heterocycles. The van der Waals surface area contributed by atoms with Gasteiger partial charge >= 0.3 is 5.97 Å². The van der Waals surface area contributed by atoms with Crippen molar-refractivity contribution in [3.05, 3.63) is 64.7 Å². The maximum atomic E-state index is 11.8. The molecule has 142 valence electrons. The van der Waals surface area contributed by atoms with Crippen LogP contribution in [0.25, 0.3) is 6.08 Å². The average Bonchev–Trinajstić information content (AvgIpc) is 2.69. The Labute approximate surface area is 162 Å². The first-order valence-corrected chi connectivity index (χ1v) is 8.48. The van der Waals surface area contributed by atoms with Crippen molar-refractivity contribution in [1.82, 2.24) is 5.32 Å². The van der Waals surface area contributed by atoms with Gasteiger partial charge in [0.15, 0.2) is 18.1 Å². The number of halogens is 1. The minimum absolute atomic E-state index is 0.270. The zero-order valence-corrected chi connectivity index (χ0v) is 15.8. The number of hydrogen-bond donors (Lipinski definition) is 1. The van der Waals surface area contributed by atoms with E-state index in [1.807, 2.05) is 0 Å². The van der Waals surface area contributed by atoms with Crippen molar-refractivity contribution >= 4 is 29.6 Å². The van der Waals surface area contributed by atoms with Crippen LogP contribution in [0.15, 0.2) is 48.5 Å². The summed E-state index contributed by atoms with van der Waals surface area (Å²) in [7, 11) is 3.09. The van der Waals surface area contributed by atoms with E-state index in [1.54, 1.807) is 49.6 Å². The highest BCUT2D eigenvalue weighted by Crippen LogP contribution is 2.27. The highest BCUT2D eigenvalue weighted by Gasteiger charge is 2.08. The number of benzene rings is 2. The second-order valence-corrected chi connectivity index (χ2v) is 5.84. The third-order valence-corrected chi connectivity index (χ3v) is 3.93. The Kier molecular flexibility index (Phi) is 7.70. The lowest BCUT2D eigenvalue weighted by Crippen LogP contribution is -2.28. The number of amides is 1. The summed E-state index contributed by atoms with van der Waals surface area (Å²) in [6, 6.07) is 12.4. The molecule has 0 unspecified atom stereocenters. The van der Waals surface area contributed by atoms with Gasteiger partial charge in [0.25, 0.3) is 5.91 Å². The molecule has 0 saturated carbocycles. The summed E-state index contributed by atoms with van der Waals surface area (Å²) in [4.78, 5) is 23.5.